The maximum Gasteiger partial charge on any atom is 0.252 e. The van der Waals surface area contributed by atoms with E-state index in [0.717, 1.165) is 11.6 Å². The van der Waals surface area contributed by atoms with Crippen LogP contribution in [0, 0.1) is 5.82 Å². The molecule has 110 valence electrons. The molecule has 0 unspecified atom stereocenters. The molecule has 0 radical (unpaired) electrons. The van der Waals surface area contributed by atoms with Gasteiger partial charge in [-0.2, -0.15) is 0 Å². The van der Waals surface area contributed by atoms with Crippen molar-refractivity contribution in [1.29, 1.82) is 0 Å². The van der Waals surface area contributed by atoms with E-state index >= 15 is 0 Å². The van der Waals surface area contributed by atoms with Gasteiger partial charge in [0, 0.05) is 11.6 Å². The molecule has 0 spiro atoms. The van der Waals surface area contributed by atoms with E-state index in [0.29, 0.717) is 18.0 Å². The Bertz CT molecular complexity index is 659. The molecule has 0 aliphatic carbocycles. The topological polar surface area (TPSA) is 29.1 Å². The number of rotatable bonds is 4. The molecule has 0 bridgehead atoms. The van der Waals surface area contributed by atoms with E-state index in [1.54, 1.807) is 12.1 Å². The zero-order valence-electron chi connectivity index (χ0n) is 10.8. The van der Waals surface area contributed by atoms with Gasteiger partial charge in [-0.3, -0.25) is 4.79 Å². The van der Waals surface area contributed by atoms with E-state index in [1.807, 2.05) is 12.1 Å². The van der Waals surface area contributed by atoms with E-state index in [2.05, 4.69) is 5.32 Å². The second kappa shape index (κ2) is 7.12. The fraction of sp³-hybridized carbons (Fsp3) is 0.133. The Morgan fingerprint density at radius 1 is 1.05 bits per heavy atom. The van der Waals surface area contributed by atoms with Gasteiger partial charge in [-0.15, -0.1) is 0 Å². The average Bonchev–Trinajstić information content (AvgIpc) is 2.45. The van der Waals surface area contributed by atoms with Gasteiger partial charge in [0.1, 0.15) is 5.82 Å². The standard InChI is InChI=1S/C15H11Cl3FNO/c16-10-3-1-9(2-4-10)5-6-20-15(21)11-7-14(19)13(18)8-12(11)17/h1-4,7-8H,5-6H2,(H,20,21). The maximum atomic E-state index is 13.4. The number of hydrogen-bond donors (Lipinski definition) is 1. The van der Waals surface area contributed by atoms with Gasteiger partial charge in [-0.25, -0.2) is 4.39 Å². The van der Waals surface area contributed by atoms with Gasteiger partial charge in [0.05, 0.1) is 15.6 Å². The van der Waals surface area contributed by atoms with Crippen molar-refractivity contribution in [3.05, 3.63) is 68.4 Å². The highest BCUT2D eigenvalue weighted by Crippen LogP contribution is 2.24. The molecule has 0 fully saturated rings. The van der Waals surface area contributed by atoms with E-state index in [1.165, 1.54) is 6.07 Å². The van der Waals surface area contributed by atoms with Gasteiger partial charge in [0.25, 0.3) is 5.91 Å². The van der Waals surface area contributed by atoms with Gasteiger partial charge in [0.2, 0.25) is 0 Å². The molecule has 0 aliphatic heterocycles. The van der Waals surface area contributed by atoms with Gasteiger partial charge in [-0.05, 0) is 36.2 Å². The highest BCUT2D eigenvalue weighted by molar-refractivity contribution is 6.36. The van der Waals surface area contributed by atoms with Crippen LogP contribution in [0.3, 0.4) is 0 Å². The van der Waals surface area contributed by atoms with Gasteiger partial charge in [-0.1, -0.05) is 46.9 Å². The predicted octanol–water partition coefficient (Wildman–Crippen LogP) is 4.76. The summed E-state index contributed by atoms with van der Waals surface area (Å²) in [6.07, 6.45) is 0.636. The summed E-state index contributed by atoms with van der Waals surface area (Å²) in [5, 5.41) is 3.34. The molecule has 2 aromatic carbocycles. The lowest BCUT2D eigenvalue weighted by atomic mass is 10.1. The van der Waals surface area contributed by atoms with Gasteiger partial charge in [0.15, 0.2) is 0 Å². The van der Waals surface area contributed by atoms with E-state index in [9.17, 15) is 9.18 Å². The smallest absolute Gasteiger partial charge is 0.252 e. The number of nitrogens with one attached hydrogen (secondary N) is 1. The zero-order valence-corrected chi connectivity index (χ0v) is 13.1. The number of benzene rings is 2. The molecule has 0 aromatic heterocycles. The number of carbonyl (C=O) groups is 1. The van der Waals surface area contributed by atoms with Crippen LogP contribution in [0.15, 0.2) is 36.4 Å². The normalized spacial score (nSPS) is 10.5. The SMILES string of the molecule is O=C(NCCc1ccc(Cl)cc1)c1cc(F)c(Cl)cc1Cl. The quantitative estimate of drug-likeness (QED) is 0.795. The minimum Gasteiger partial charge on any atom is -0.352 e. The molecular weight excluding hydrogens is 336 g/mol. The second-order valence-corrected chi connectivity index (χ2v) is 5.63. The number of halogens is 4. The average molecular weight is 347 g/mol. The Morgan fingerprint density at radius 3 is 2.38 bits per heavy atom. The highest BCUT2D eigenvalue weighted by atomic mass is 35.5. The Labute approximate surface area is 136 Å². The third-order valence-corrected chi connectivity index (χ3v) is 3.72. The Balaban J connectivity index is 1.96. The summed E-state index contributed by atoms with van der Waals surface area (Å²) in [7, 11) is 0. The van der Waals surface area contributed by atoms with Crippen LogP contribution in [0.2, 0.25) is 15.1 Å². The van der Waals surface area contributed by atoms with Gasteiger partial charge < -0.3 is 5.32 Å². The minimum absolute atomic E-state index is 0.0645. The van der Waals surface area contributed by atoms with Crippen molar-refractivity contribution < 1.29 is 9.18 Å². The fourth-order valence-corrected chi connectivity index (χ4v) is 2.36. The Kier molecular flexibility index (Phi) is 5.45. The van der Waals surface area contributed by atoms with Crippen LogP contribution in [-0.2, 0) is 6.42 Å². The van der Waals surface area contributed by atoms with Crippen molar-refractivity contribution in [2.45, 2.75) is 6.42 Å². The van der Waals surface area contributed by atoms with Crippen LogP contribution < -0.4 is 5.32 Å². The summed E-state index contributed by atoms with van der Waals surface area (Å²) in [6, 6.07) is 9.57. The molecule has 2 rings (SSSR count). The first-order chi connectivity index (χ1) is 9.97. The van der Waals surface area contributed by atoms with Crippen molar-refractivity contribution in [3.63, 3.8) is 0 Å². The lowest BCUT2D eigenvalue weighted by Gasteiger charge is -2.08. The van der Waals surface area contributed by atoms with Crippen LogP contribution in [-0.4, -0.2) is 12.5 Å². The lowest BCUT2D eigenvalue weighted by molar-refractivity contribution is 0.0954. The fourth-order valence-electron chi connectivity index (χ4n) is 1.76. The Hall–Kier alpha value is -1.29. The van der Waals surface area contributed by atoms with Crippen molar-refractivity contribution in [2.24, 2.45) is 0 Å². The molecule has 0 aliphatic rings. The van der Waals surface area contributed by atoms with Crippen molar-refractivity contribution >= 4 is 40.7 Å². The van der Waals surface area contributed by atoms with E-state index < -0.39 is 11.7 Å². The molecule has 21 heavy (non-hydrogen) atoms. The van der Waals surface area contributed by atoms with E-state index in [-0.39, 0.29) is 15.6 Å². The first kappa shape index (κ1) is 16.1. The van der Waals surface area contributed by atoms with Crippen LogP contribution in [0.4, 0.5) is 4.39 Å². The lowest BCUT2D eigenvalue weighted by Crippen LogP contribution is -2.26. The summed E-state index contributed by atoms with van der Waals surface area (Å²) in [5.41, 5.74) is 1.10. The first-order valence-corrected chi connectivity index (χ1v) is 7.28. The summed E-state index contributed by atoms with van der Waals surface area (Å²) < 4.78 is 13.4. The highest BCUT2D eigenvalue weighted by Gasteiger charge is 2.13. The number of hydrogen-bond acceptors (Lipinski definition) is 1. The third-order valence-electron chi connectivity index (χ3n) is 2.87. The molecule has 1 N–H and O–H groups in total. The molecule has 0 saturated carbocycles. The molecule has 0 heterocycles. The van der Waals surface area contributed by atoms with Crippen molar-refractivity contribution in [1.82, 2.24) is 5.32 Å². The molecular formula is C15H11Cl3FNO. The van der Waals surface area contributed by atoms with E-state index in [4.69, 9.17) is 34.8 Å². The Morgan fingerprint density at radius 2 is 1.71 bits per heavy atom. The molecule has 6 heteroatoms. The predicted molar refractivity (Wildman–Crippen MR) is 83.9 cm³/mol. The second-order valence-electron chi connectivity index (χ2n) is 4.38. The van der Waals surface area contributed by atoms with Crippen LogP contribution in [0.5, 0.6) is 0 Å². The number of amides is 1. The molecule has 2 nitrogen and oxygen atoms in total. The summed E-state index contributed by atoms with van der Waals surface area (Å²) in [4.78, 5) is 11.9. The third kappa shape index (κ3) is 4.34. The maximum absolute atomic E-state index is 13.4. The van der Waals surface area contributed by atoms with Crippen molar-refractivity contribution in [3.8, 4) is 0 Å². The largest absolute Gasteiger partial charge is 0.352 e. The summed E-state index contributed by atoms with van der Waals surface area (Å²) >= 11 is 17.3. The van der Waals surface area contributed by atoms with Crippen LogP contribution >= 0.6 is 34.8 Å². The monoisotopic (exact) mass is 345 g/mol. The summed E-state index contributed by atoms with van der Waals surface area (Å²) in [6.45, 7) is 0.404. The van der Waals surface area contributed by atoms with Gasteiger partial charge >= 0.3 is 0 Å². The molecule has 2 aromatic rings. The van der Waals surface area contributed by atoms with Crippen molar-refractivity contribution in [2.75, 3.05) is 6.54 Å². The molecule has 0 atom stereocenters. The molecule has 1 amide bonds. The van der Waals surface area contributed by atoms with Crippen LogP contribution in [0.25, 0.3) is 0 Å². The van der Waals surface area contributed by atoms with Crippen LogP contribution in [0.1, 0.15) is 15.9 Å². The summed E-state index contributed by atoms with van der Waals surface area (Å²) in [5.74, 6) is -1.12. The number of carbonyl (C=O) groups excluding carboxylic acids is 1. The zero-order chi connectivity index (χ0) is 15.4. The molecule has 0 saturated heterocycles. The first-order valence-electron chi connectivity index (χ1n) is 6.14. The minimum atomic E-state index is -0.677.